The molecule has 4 heteroatoms. The summed E-state index contributed by atoms with van der Waals surface area (Å²) in [5.41, 5.74) is 4.39. The molecule has 20 heavy (non-hydrogen) atoms. The zero-order chi connectivity index (χ0) is 13.8. The van der Waals surface area contributed by atoms with Crippen LogP contribution in [-0.2, 0) is 12.8 Å². The first kappa shape index (κ1) is 14.1. The van der Waals surface area contributed by atoms with E-state index in [0.717, 1.165) is 5.84 Å². The fourth-order valence-electron chi connectivity index (χ4n) is 3.35. The van der Waals surface area contributed by atoms with Gasteiger partial charge in [0.25, 0.3) is 0 Å². The second kappa shape index (κ2) is 6.72. The molecule has 3 N–H and O–H groups in total. The Morgan fingerprint density at radius 2 is 1.85 bits per heavy atom. The van der Waals surface area contributed by atoms with Gasteiger partial charge in [-0.25, -0.2) is 5.84 Å². The Morgan fingerprint density at radius 1 is 1.10 bits per heavy atom. The van der Waals surface area contributed by atoms with Gasteiger partial charge in [0.15, 0.2) is 5.84 Å². The van der Waals surface area contributed by atoms with Crippen LogP contribution in [0.25, 0.3) is 0 Å². The highest BCUT2D eigenvalue weighted by Gasteiger charge is 2.17. The van der Waals surface area contributed by atoms with Gasteiger partial charge in [-0.15, -0.1) is 11.3 Å². The first-order chi connectivity index (χ1) is 9.86. The molecule has 0 radical (unpaired) electrons. The van der Waals surface area contributed by atoms with E-state index in [1.807, 2.05) is 11.3 Å². The lowest BCUT2D eigenvalue weighted by molar-refractivity contribution is 0.442. The minimum absolute atomic E-state index is 0.469. The van der Waals surface area contributed by atoms with Crippen LogP contribution >= 0.6 is 11.3 Å². The molecule has 2 aliphatic carbocycles. The Hall–Kier alpha value is -0.870. The summed E-state index contributed by atoms with van der Waals surface area (Å²) in [4.78, 5) is 7.68. The number of nitrogens with zero attached hydrogens (tertiary/aromatic N) is 1. The van der Waals surface area contributed by atoms with Crippen LogP contribution in [0.5, 0.6) is 0 Å². The molecule has 0 aromatic carbocycles. The second-order valence-corrected chi connectivity index (χ2v) is 7.17. The molecule has 3 nitrogen and oxygen atoms in total. The summed E-state index contributed by atoms with van der Waals surface area (Å²) in [5, 5.41) is 0. The number of hydrazine groups is 1. The average molecular weight is 291 g/mol. The molecule has 2 aliphatic rings. The quantitative estimate of drug-likeness (QED) is 0.288. The maximum absolute atomic E-state index is 5.74. The average Bonchev–Trinajstić information content (AvgIpc) is 2.76. The van der Waals surface area contributed by atoms with Crippen molar-refractivity contribution >= 4 is 17.2 Å². The zero-order valence-corrected chi connectivity index (χ0v) is 13.0. The highest BCUT2D eigenvalue weighted by Crippen LogP contribution is 2.29. The molecular weight excluding hydrogens is 266 g/mol. The van der Waals surface area contributed by atoms with Gasteiger partial charge in [0.1, 0.15) is 0 Å². The van der Waals surface area contributed by atoms with Crippen molar-refractivity contribution in [1.29, 1.82) is 0 Å². The molecule has 1 aromatic heterocycles. The molecule has 1 heterocycles. The number of nitrogens with one attached hydrogen (secondary N) is 1. The SMILES string of the molecule is NNC(=NC1CCCCC1)c1cc2c(s1)CCCCC2. The summed E-state index contributed by atoms with van der Waals surface area (Å²) in [6.45, 7) is 0. The minimum atomic E-state index is 0.469. The molecule has 0 amide bonds. The molecule has 0 atom stereocenters. The highest BCUT2D eigenvalue weighted by atomic mass is 32.1. The van der Waals surface area contributed by atoms with E-state index < -0.39 is 0 Å². The number of rotatable bonds is 2. The van der Waals surface area contributed by atoms with E-state index in [2.05, 4.69) is 11.5 Å². The van der Waals surface area contributed by atoms with Crippen LogP contribution < -0.4 is 11.3 Å². The third-order valence-electron chi connectivity index (χ3n) is 4.50. The Kier molecular flexibility index (Phi) is 4.73. The van der Waals surface area contributed by atoms with Crippen LogP contribution in [0.15, 0.2) is 11.1 Å². The van der Waals surface area contributed by atoms with Crippen LogP contribution in [0.2, 0.25) is 0 Å². The van der Waals surface area contributed by atoms with Crippen LogP contribution in [0, 0.1) is 0 Å². The molecule has 0 spiro atoms. The van der Waals surface area contributed by atoms with Gasteiger partial charge in [-0.3, -0.25) is 4.99 Å². The van der Waals surface area contributed by atoms with Crippen LogP contribution in [0.1, 0.15) is 66.7 Å². The van der Waals surface area contributed by atoms with E-state index in [9.17, 15) is 0 Å². The van der Waals surface area contributed by atoms with Gasteiger partial charge in [0, 0.05) is 4.88 Å². The lowest BCUT2D eigenvalue weighted by atomic mass is 9.96. The number of hydrogen-bond donors (Lipinski definition) is 2. The van der Waals surface area contributed by atoms with Gasteiger partial charge in [0.2, 0.25) is 0 Å². The van der Waals surface area contributed by atoms with E-state index >= 15 is 0 Å². The lowest BCUT2D eigenvalue weighted by Gasteiger charge is -2.18. The van der Waals surface area contributed by atoms with Crippen LogP contribution in [-0.4, -0.2) is 11.9 Å². The molecule has 0 bridgehead atoms. The van der Waals surface area contributed by atoms with E-state index in [1.54, 1.807) is 4.88 Å². The van der Waals surface area contributed by atoms with E-state index in [4.69, 9.17) is 10.8 Å². The first-order valence-electron chi connectivity index (χ1n) is 8.03. The minimum Gasteiger partial charge on any atom is -0.308 e. The number of amidine groups is 1. The number of hydrogen-bond acceptors (Lipinski definition) is 3. The fraction of sp³-hybridized carbons (Fsp3) is 0.688. The van der Waals surface area contributed by atoms with E-state index in [1.165, 1.54) is 74.6 Å². The molecule has 1 fully saturated rings. The normalized spacial score (nSPS) is 21.4. The largest absolute Gasteiger partial charge is 0.308 e. The van der Waals surface area contributed by atoms with Crippen LogP contribution in [0.3, 0.4) is 0 Å². The van der Waals surface area contributed by atoms with E-state index in [0.29, 0.717) is 6.04 Å². The van der Waals surface area contributed by atoms with Crippen molar-refractivity contribution in [2.45, 2.75) is 70.3 Å². The van der Waals surface area contributed by atoms with Gasteiger partial charge in [-0.1, -0.05) is 25.7 Å². The molecule has 0 saturated heterocycles. The third kappa shape index (κ3) is 3.23. The molecule has 3 rings (SSSR count). The topological polar surface area (TPSA) is 50.4 Å². The van der Waals surface area contributed by atoms with Crippen molar-refractivity contribution in [1.82, 2.24) is 5.43 Å². The van der Waals surface area contributed by atoms with Crippen molar-refractivity contribution in [2.24, 2.45) is 10.8 Å². The Balaban J connectivity index is 1.80. The number of nitrogens with two attached hydrogens (primary N) is 1. The zero-order valence-electron chi connectivity index (χ0n) is 12.2. The third-order valence-corrected chi connectivity index (χ3v) is 5.75. The molecule has 110 valence electrons. The smallest absolute Gasteiger partial charge is 0.153 e. The second-order valence-electron chi connectivity index (χ2n) is 6.03. The summed E-state index contributed by atoms with van der Waals surface area (Å²) >= 11 is 1.90. The summed E-state index contributed by atoms with van der Waals surface area (Å²) in [5.74, 6) is 6.65. The maximum Gasteiger partial charge on any atom is 0.153 e. The fourth-order valence-corrected chi connectivity index (χ4v) is 4.56. The summed E-state index contributed by atoms with van der Waals surface area (Å²) in [6, 6.07) is 2.80. The molecule has 0 aliphatic heterocycles. The Morgan fingerprint density at radius 3 is 2.65 bits per heavy atom. The molecule has 1 saturated carbocycles. The number of aryl methyl sites for hydroxylation is 2. The van der Waals surface area contributed by atoms with Gasteiger partial charge < -0.3 is 5.43 Å². The summed E-state index contributed by atoms with van der Waals surface area (Å²) in [7, 11) is 0. The van der Waals surface area contributed by atoms with Gasteiger partial charge in [-0.05, 0) is 50.2 Å². The van der Waals surface area contributed by atoms with Gasteiger partial charge in [0.05, 0.1) is 10.9 Å². The monoisotopic (exact) mass is 291 g/mol. The van der Waals surface area contributed by atoms with E-state index in [-0.39, 0.29) is 0 Å². The maximum atomic E-state index is 5.74. The lowest BCUT2D eigenvalue weighted by Crippen LogP contribution is -2.32. The van der Waals surface area contributed by atoms with Gasteiger partial charge >= 0.3 is 0 Å². The van der Waals surface area contributed by atoms with Crippen LogP contribution in [0.4, 0.5) is 0 Å². The number of thiophene rings is 1. The van der Waals surface area contributed by atoms with Gasteiger partial charge in [-0.2, -0.15) is 0 Å². The number of fused-ring (bicyclic) bond motifs is 1. The molecule has 1 aromatic rings. The Labute approximate surface area is 125 Å². The standard InChI is InChI=1S/C16H25N3S/c17-19-16(18-13-8-4-2-5-9-13)15-11-12-7-3-1-6-10-14(12)20-15/h11,13H,1-10,17H2,(H,18,19). The van der Waals surface area contributed by atoms with Crippen molar-refractivity contribution in [3.63, 3.8) is 0 Å². The summed E-state index contributed by atoms with van der Waals surface area (Å²) in [6.07, 6.45) is 12.9. The highest BCUT2D eigenvalue weighted by molar-refractivity contribution is 7.14. The molecule has 0 unspecified atom stereocenters. The molecular formula is C16H25N3S. The Bertz CT molecular complexity index is 449. The predicted octanol–water partition coefficient (Wildman–Crippen LogP) is 3.56. The van der Waals surface area contributed by atoms with Crippen molar-refractivity contribution < 1.29 is 0 Å². The number of aliphatic imine (C=N–C) groups is 1. The van der Waals surface area contributed by atoms with Crippen molar-refractivity contribution in [2.75, 3.05) is 0 Å². The first-order valence-corrected chi connectivity index (χ1v) is 8.85. The van der Waals surface area contributed by atoms with Crippen molar-refractivity contribution in [3.05, 3.63) is 21.4 Å². The predicted molar refractivity (Wildman–Crippen MR) is 86.3 cm³/mol. The van der Waals surface area contributed by atoms with Crippen molar-refractivity contribution in [3.8, 4) is 0 Å². The summed E-state index contributed by atoms with van der Waals surface area (Å²) < 4.78 is 0.